The second kappa shape index (κ2) is 11.5. The van der Waals surface area contributed by atoms with Gasteiger partial charge in [0.2, 0.25) is 10.0 Å². The van der Waals surface area contributed by atoms with Gasteiger partial charge in [0.1, 0.15) is 12.4 Å². The van der Waals surface area contributed by atoms with Crippen LogP contribution in [0.5, 0.6) is 5.75 Å². The third-order valence-electron chi connectivity index (χ3n) is 5.45. The third kappa shape index (κ3) is 7.06. The molecular weight excluding hydrogens is 426 g/mol. The van der Waals surface area contributed by atoms with Crippen LogP contribution in [0, 0.1) is 0 Å². The fourth-order valence-electron chi connectivity index (χ4n) is 3.87. The highest BCUT2D eigenvalue weighted by Crippen LogP contribution is 2.30. The van der Waals surface area contributed by atoms with Crippen molar-refractivity contribution in [3.63, 3.8) is 0 Å². The number of para-hydroxylation sites is 2. The molecule has 1 N–H and O–H groups in total. The molecule has 2 aromatic carbocycles. The molecule has 0 aliphatic carbocycles. The van der Waals surface area contributed by atoms with Crippen molar-refractivity contribution in [3.05, 3.63) is 72.8 Å². The minimum absolute atomic E-state index is 0.0302. The molecule has 1 aliphatic rings. The number of ether oxygens (including phenoxy) is 1. The molecule has 8 heteroatoms. The minimum Gasteiger partial charge on any atom is -0.487 e. The number of rotatable bonds is 11. The molecule has 0 spiro atoms. The maximum Gasteiger partial charge on any atom is 0.232 e. The Kier molecular flexibility index (Phi) is 8.69. The van der Waals surface area contributed by atoms with Gasteiger partial charge in [0.25, 0.3) is 0 Å². The van der Waals surface area contributed by atoms with Gasteiger partial charge in [0.05, 0.1) is 24.6 Å². The number of sulfonamides is 1. The molecule has 32 heavy (non-hydrogen) atoms. The number of β-amino-alcohol motifs (C(OH)–C–C–N with tert-alkyl or cyclic N) is 1. The predicted molar refractivity (Wildman–Crippen MR) is 128 cm³/mol. The predicted octanol–water partition coefficient (Wildman–Crippen LogP) is 2.20. The number of aliphatic hydroxyl groups is 1. The minimum atomic E-state index is -3.60. The second-order valence-electron chi connectivity index (χ2n) is 8.08. The lowest BCUT2D eigenvalue weighted by Gasteiger charge is -2.36. The van der Waals surface area contributed by atoms with Crippen LogP contribution >= 0.6 is 0 Å². The van der Waals surface area contributed by atoms with Gasteiger partial charge in [-0.25, -0.2) is 8.42 Å². The monoisotopic (exact) mass is 459 g/mol. The lowest BCUT2D eigenvalue weighted by atomic mass is 10.2. The van der Waals surface area contributed by atoms with E-state index in [0.717, 1.165) is 39.0 Å². The van der Waals surface area contributed by atoms with Gasteiger partial charge in [-0.3, -0.25) is 14.1 Å². The summed E-state index contributed by atoms with van der Waals surface area (Å²) in [5.74, 6) is 0.444. The van der Waals surface area contributed by atoms with Crippen molar-refractivity contribution < 1.29 is 18.3 Å². The lowest BCUT2D eigenvalue weighted by molar-refractivity contribution is 0.0743. The topological polar surface area (TPSA) is 73.3 Å². The number of nitrogens with zero attached hydrogens (tertiary/aromatic N) is 3. The number of piperazine rings is 1. The zero-order chi connectivity index (χ0) is 23.0. The van der Waals surface area contributed by atoms with Crippen molar-refractivity contribution in [3.8, 4) is 5.75 Å². The van der Waals surface area contributed by atoms with Crippen LogP contribution in [0.1, 0.15) is 5.56 Å². The van der Waals surface area contributed by atoms with E-state index in [2.05, 4.69) is 40.6 Å². The zero-order valence-electron chi connectivity index (χ0n) is 18.6. The first-order chi connectivity index (χ1) is 15.4. The molecule has 174 valence electrons. The van der Waals surface area contributed by atoms with Crippen LogP contribution in [-0.4, -0.2) is 81.6 Å². The highest BCUT2D eigenvalue weighted by atomic mass is 32.2. The molecule has 0 radical (unpaired) electrons. The molecule has 1 saturated heterocycles. The zero-order valence-corrected chi connectivity index (χ0v) is 19.5. The van der Waals surface area contributed by atoms with Gasteiger partial charge in [0.15, 0.2) is 0 Å². The number of hydrogen-bond donors (Lipinski definition) is 1. The van der Waals surface area contributed by atoms with Crippen LogP contribution in [0.25, 0.3) is 0 Å². The first-order valence-electron chi connectivity index (χ1n) is 10.8. The highest BCUT2D eigenvalue weighted by molar-refractivity contribution is 7.92. The molecule has 0 amide bonds. The van der Waals surface area contributed by atoms with Crippen LogP contribution in [0.3, 0.4) is 0 Å². The normalized spacial score (nSPS) is 16.4. The first-order valence-corrected chi connectivity index (χ1v) is 12.7. The molecule has 1 atom stereocenters. The summed E-state index contributed by atoms with van der Waals surface area (Å²) >= 11 is 0. The summed E-state index contributed by atoms with van der Waals surface area (Å²) in [7, 11) is -3.60. The lowest BCUT2D eigenvalue weighted by Crippen LogP contribution is -2.50. The van der Waals surface area contributed by atoms with E-state index in [9.17, 15) is 13.5 Å². The smallest absolute Gasteiger partial charge is 0.232 e. The summed E-state index contributed by atoms with van der Waals surface area (Å²) < 4.78 is 31.9. The average Bonchev–Trinajstić information content (AvgIpc) is 2.78. The van der Waals surface area contributed by atoms with E-state index in [1.54, 1.807) is 30.3 Å². The largest absolute Gasteiger partial charge is 0.487 e. The van der Waals surface area contributed by atoms with E-state index in [1.807, 2.05) is 6.07 Å². The highest BCUT2D eigenvalue weighted by Gasteiger charge is 2.26. The number of aliphatic hydroxyl groups excluding tert-OH is 1. The van der Waals surface area contributed by atoms with Crippen LogP contribution < -0.4 is 9.04 Å². The molecule has 1 unspecified atom stereocenters. The summed E-state index contributed by atoms with van der Waals surface area (Å²) in [6.45, 7) is 8.70. The summed E-state index contributed by atoms with van der Waals surface area (Å²) in [6.07, 6.45) is 1.93. The third-order valence-corrected chi connectivity index (χ3v) is 6.60. The van der Waals surface area contributed by atoms with Gasteiger partial charge < -0.3 is 9.84 Å². The standard InChI is InChI=1S/C24H33N3O4S/c1-3-17-31-24-12-8-7-11-23(24)27(32(2,29)30)20-22(28)19-26-15-13-25(14-16-26)18-21-9-5-4-6-10-21/h3-12,22,28H,1,13-20H2,2H3. The van der Waals surface area contributed by atoms with E-state index < -0.39 is 16.1 Å². The maximum absolute atomic E-state index is 12.5. The molecule has 1 fully saturated rings. The summed E-state index contributed by atoms with van der Waals surface area (Å²) in [5, 5.41) is 10.7. The van der Waals surface area contributed by atoms with Crippen LogP contribution in [0.15, 0.2) is 67.3 Å². The van der Waals surface area contributed by atoms with Crippen molar-refractivity contribution >= 4 is 15.7 Å². The van der Waals surface area contributed by atoms with Gasteiger partial charge in [-0.1, -0.05) is 55.1 Å². The SMILES string of the molecule is C=CCOc1ccccc1N(CC(O)CN1CCN(Cc2ccccc2)CC1)S(C)(=O)=O. The second-order valence-corrected chi connectivity index (χ2v) is 9.98. The van der Waals surface area contributed by atoms with Crippen molar-refractivity contribution in [2.75, 3.05) is 56.4 Å². The summed E-state index contributed by atoms with van der Waals surface area (Å²) in [6, 6.07) is 17.3. The molecule has 0 aromatic heterocycles. The van der Waals surface area contributed by atoms with Gasteiger partial charge in [-0.15, -0.1) is 0 Å². The Morgan fingerprint density at radius 2 is 1.69 bits per heavy atom. The van der Waals surface area contributed by atoms with Crippen LogP contribution in [0.2, 0.25) is 0 Å². The fourth-order valence-corrected chi connectivity index (χ4v) is 4.82. The Morgan fingerprint density at radius 3 is 2.34 bits per heavy atom. The Labute approximate surface area is 191 Å². The van der Waals surface area contributed by atoms with E-state index in [-0.39, 0.29) is 13.2 Å². The Morgan fingerprint density at radius 1 is 1.06 bits per heavy atom. The fraction of sp³-hybridized carbons (Fsp3) is 0.417. The van der Waals surface area contributed by atoms with Crippen molar-refractivity contribution in [2.24, 2.45) is 0 Å². The summed E-state index contributed by atoms with van der Waals surface area (Å²) in [4.78, 5) is 4.58. The molecule has 2 aromatic rings. The van der Waals surface area contributed by atoms with Crippen molar-refractivity contribution in [2.45, 2.75) is 12.6 Å². The maximum atomic E-state index is 12.5. The molecule has 0 saturated carbocycles. The first kappa shape index (κ1) is 24.3. The van der Waals surface area contributed by atoms with E-state index >= 15 is 0 Å². The van der Waals surface area contributed by atoms with Crippen LogP contribution in [0.4, 0.5) is 5.69 Å². The molecule has 3 rings (SSSR count). The average molecular weight is 460 g/mol. The van der Waals surface area contributed by atoms with E-state index in [4.69, 9.17) is 4.74 Å². The van der Waals surface area contributed by atoms with Crippen LogP contribution in [-0.2, 0) is 16.6 Å². The molecule has 1 aliphatic heterocycles. The molecule has 0 bridgehead atoms. The Hall–Kier alpha value is -2.39. The van der Waals surface area contributed by atoms with Crippen molar-refractivity contribution in [1.29, 1.82) is 0 Å². The Balaban J connectivity index is 1.58. The Bertz CT molecular complexity index is 960. The molecular formula is C24H33N3O4S. The molecule has 7 nitrogen and oxygen atoms in total. The quantitative estimate of drug-likeness (QED) is 0.520. The number of benzene rings is 2. The van der Waals surface area contributed by atoms with Gasteiger partial charge in [-0.05, 0) is 17.7 Å². The number of anilines is 1. The molecule has 1 heterocycles. The van der Waals surface area contributed by atoms with Crippen molar-refractivity contribution in [1.82, 2.24) is 9.80 Å². The van der Waals surface area contributed by atoms with Gasteiger partial charge >= 0.3 is 0 Å². The van der Waals surface area contributed by atoms with Gasteiger partial charge in [0, 0.05) is 39.3 Å². The summed E-state index contributed by atoms with van der Waals surface area (Å²) in [5.41, 5.74) is 1.71. The van der Waals surface area contributed by atoms with E-state index in [0.29, 0.717) is 18.0 Å². The van der Waals surface area contributed by atoms with Gasteiger partial charge in [-0.2, -0.15) is 0 Å². The van der Waals surface area contributed by atoms with E-state index in [1.165, 1.54) is 9.87 Å². The number of hydrogen-bond acceptors (Lipinski definition) is 6.